The van der Waals surface area contributed by atoms with Crippen molar-refractivity contribution >= 4 is 23.2 Å². The summed E-state index contributed by atoms with van der Waals surface area (Å²) in [5, 5.41) is 2.74. The highest BCUT2D eigenvalue weighted by Crippen LogP contribution is 2.33. The average molecular weight is 346 g/mol. The van der Waals surface area contributed by atoms with Crippen LogP contribution in [0.5, 0.6) is 5.75 Å². The van der Waals surface area contributed by atoms with E-state index in [1.54, 1.807) is 18.3 Å². The Balaban J connectivity index is 1.52. The van der Waals surface area contributed by atoms with E-state index in [9.17, 15) is 9.18 Å². The Morgan fingerprint density at radius 3 is 2.69 bits per heavy atom. The number of benzene rings is 2. The van der Waals surface area contributed by atoms with Gasteiger partial charge in [-0.1, -0.05) is 18.2 Å². The number of carbonyl (C=O) groups excluding carboxylic acids is 1. The van der Waals surface area contributed by atoms with Crippen LogP contribution in [0.3, 0.4) is 0 Å². The van der Waals surface area contributed by atoms with Gasteiger partial charge in [-0.15, -0.1) is 0 Å². The highest BCUT2D eigenvalue weighted by atomic mass is 19.1. The Bertz CT molecular complexity index is 983. The number of rotatable bonds is 4. The summed E-state index contributed by atoms with van der Waals surface area (Å²) in [4.78, 5) is 16.3. The molecule has 1 aliphatic rings. The molecule has 128 valence electrons. The highest BCUT2D eigenvalue weighted by Gasteiger charge is 2.24. The fourth-order valence-electron chi connectivity index (χ4n) is 2.77. The van der Waals surface area contributed by atoms with Gasteiger partial charge in [-0.3, -0.25) is 9.78 Å². The maximum atomic E-state index is 13.5. The minimum absolute atomic E-state index is 0.235. The quantitative estimate of drug-likeness (QED) is 0.717. The number of halogens is 1. The molecule has 2 aromatic carbocycles. The van der Waals surface area contributed by atoms with E-state index in [0.717, 1.165) is 11.3 Å². The maximum Gasteiger partial charge on any atom is 0.256 e. The topological polar surface area (TPSA) is 51.2 Å². The van der Waals surface area contributed by atoms with Gasteiger partial charge < -0.3 is 10.1 Å². The molecule has 0 spiro atoms. The van der Waals surface area contributed by atoms with E-state index in [2.05, 4.69) is 10.3 Å². The summed E-state index contributed by atoms with van der Waals surface area (Å²) in [6, 6.07) is 17.3. The molecule has 1 amide bonds. The predicted molar refractivity (Wildman–Crippen MR) is 97.9 cm³/mol. The fraction of sp³-hybridized carbons (Fsp3) is 0.0476. The Kier molecular flexibility index (Phi) is 4.19. The van der Waals surface area contributed by atoms with Gasteiger partial charge >= 0.3 is 0 Å². The SMILES string of the molecule is O=C1Nc2ccc(F)cc2/C1=C\c1ccc(OCc2ccccn2)cc1. The van der Waals surface area contributed by atoms with Gasteiger partial charge in [0.2, 0.25) is 0 Å². The molecule has 0 saturated heterocycles. The second kappa shape index (κ2) is 6.80. The van der Waals surface area contributed by atoms with Crippen molar-refractivity contribution in [3.8, 4) is 5.75 Å². The van der Waals surface area contributed by atoms with Gasteiger partial charge in [0.1, 0.15) is 18.2 Å². The van der Waals surface area contributed by atoms with E-state index >= 15 is 0 Å². The van der Waals surface area contributed by atoms with Crippen molar-refractivity contribution in [1.29, 1.82) is 0 Å². The first kappa shape index (κ1) is 16.0. The van der Waals surface area contributed by atoms with Crippen molar-refractivity contribution < 1.29 is 13.9 Å². The zero-order chi connectivity index (χ0) is 17.9. The fourth-order valence-corrected chi connectivity index (χ4v) is 2.77. The second-order valence-electron chi connectivity index (χ2n) is 5.88. The first-order valence-electron chi connectivity index (χ1n) is 8.15. The van der Waals surface area contributed by atoms with E-state index in [0.29, 0.717) is 29.2 Å². The minimum Gasteiger partial charge on any atom is -0.487 e. The molecule has 3 aromatic rings. The Labute approximate surface area is 150 Å². The number of hydrogen-bond donors (Lipinski definition) is 1. The summed E-state index contributed by atoms with van der Waals surface area (Å²) in [5.74, 6) is 0.102. The molecule has 5 heteroatoms. The summed E-state index contributed by atoms with van der Waals surface area (Å²) < 4.78 is 19.2. The molecule has 26 heavy (non-hydrogen) atoms. The average Bonchev–Trinajstić information content (AvgIpc) is 2.97. The smallest absolute Gasteiger partial charge is 0.256 e. The lowest BCUT2D eigenvalue weighted by Gasteiger charge is -2.06. The molecule has 0 unspecified atom stereocenters. The van der Waals surface area contributed by atoms with Crippen molar-refractivity contribution in [2.24, 2.45) is 0 Å². The molecule has 0 atom stereocenters. The normalized spacial score (nSPS) is 14.2. The van der Waals surface area contributed by atoms with E-state index in [4.69, 9.17) is 4.74 Å². The molecule has 0 radical (unpaired) electrons. The van der Waals surface area contributed by atoms with Gasteiger partial charge in [-0.2, -0.15) is 0 Å². The summed E-state index contributed by atoms with van der Waals surface area (Å²) >= 11 is 0. The number of hydrogen-bond acceptors (Lipinski definition) is 3. The van der Waals surface area contributed by atoms with Crippen LogP contribution in [0.2, 0.25) is 0 Å². The lowest BCUT2D eigenvalue weighted by Crippen LogP contribution is -2.03. The molecular formula is C21H15FN2O2. The van der Waals surface area contributed by atoms with Crippen LogP contribution in [0, 0.1) is 5.82 Å². The molecule has 0 saturated carbocycles. The van der Waals surface area contributed by atoms with Crippen LogP contribution in [0.1, 0.15) is 16.8 Å². The summed E-state index contributed by atoms with van der Waals surface area (Å²) in [7, 11) is 0. The number of amides is 1. The van der Waals surface area contributed by atoms with Crippen molar-refractivity contribution in [3.63, 3.8) is 0 Å². The van der Waals surface area contributed by atoms with Gasteiger partial charge in [-0.25, -0.2) is 4.39 Å². The van der Waals surface area contributed by atoms with Gasteiger partial charge in [0.15, 0.2) is 0 Å². The van der Waals surface area contributed by atoms with Gasteiger partial charge in [0, 0.05) is 23.0 Å². The molecule has 4 nitrogen and oxygen atoms in total. The lowest BCUT2D eigenvalue weighted by molar-refractivity contribution is -0.110. The number of aromatic nitrogens is 1. The van der Waals surface area contributed by atoms with Crippen LogP contribution in [-0.2, 0) is 11.4 Å². The molecule has 1 aliphatic heterocycles. The highest BCUT2D eigenvalue weighted by molar-refractivity contribution is 6.34. The number of pyridine rings is 1. The molecule has 0 aliphatic carbocycles. The molecule has 2 heterocycles. The first-order valence-corrected chi connectivity index (χ1v) is 8.15. The predicted octanol–water partition coefficient (Wildman–Crippen LogP) is 4.29. The van der Waals surface area contributed by atoms with E-state index in [-0.39, 0.29) is 11.7 Å². The third-order valence-corrected chi connectivity index (χ3v) is 4.07. The Hall–Kier alpha value is -3.47. The Morgan fingerprint density at radius 1 is 1.08 bits per heavy atom. The molecular weight excluding hydrogens is 331 g/mol. The molecule has 1 aromatic heterocycles. The van der Waals surface area contributed by atoms with E-state index in [1.165, 1.54) is 12.1 Å². The molecule has 4 rings (SSSR count). The second-order valence-corrected chi connectivity index (χ2v) is 5.88. The number of nitrogens with one attached hydrogen (secondary N) is 1. The number of anilines is 1. The molecule has 0 bridgehead atoms. The molecule has 0 fully saturated rings. The Morgan fingerprint density at radius 2 is 1.92 bits per heavy atom. The van der Waals surface area contributed by atoms with E-state index in [1.807, 2.05) is 42.5 Å². The van der Waals surface area contributed by atoms with Crippen molar-refractivity contribution in [2.75, 3.05) is 5.32 Å². The zero-order valence-corrected chi connectivity index (χ0v) is 13.8. The van der Waals surface area contributed by atoms with Gasteiger partial charge in [0.25, 0.3) is 5.91 Å². The van der Waals surface area contributed by atoms with Crippen LogP contribution in [0.25, 0.3) is 11.6 Å². The largest absolute Gasteiger partial charge is 0.487 e. The number of nitrogens with zero attached hydrogens (tertiary/aromatic N) is 1. The maximum absolute atomic E-state index is 13.5. The first-order chi connectivity index (χ1) is 12.7. The zero-order valence-electron chi connectivity index (χ0n) is 13.8. The molecule has 1 N–H and O–H groups in total. The van der Waals surface area contributed by atoms with E-state index < -0.39 is 0 Å². The summed E-state index contributed by atoms with van der Waals surface area (Å²) in [6.07, 6.45) is 3.46. The standard InChI is InChI=1S/C21H15FN2O2/c22-15-6-9-20-18(12-15)19(21(25)24-20)11-14-4-7-17(8-5-14)26-13-16-3-1-2-10-23-16/h1-12H,13H2,(H,24,25)/b19-11+. The van der Waals surface area contributed by atoms with Crippen molar-refractivity contribution in [1.82, 2.24) is 4.98 Å². The third-order valence-electron chi connectivity index (χ3n) is 4.07. The van der Waals surface area contributed by atoms with Crippen LogP contribution in [-0.4, -0.2) is 10.9 Å². The van der Waals surface area contributed by atoms with Crippen molar-refractivity contribution in [3.05, 3.63) is 89.5 Å². The monoisotopic (exact) mass is 346 g/mol. The summed E-state index contributed by atoms with van der Waals surface area (Å²) in [5.41, 5.74) is 3.32. The van der Waals surface area contributed by atoms with Gasteiger partial charge in [0.05, 0.1) is 5.69 Å². The van der Waals surface area contributed by atoms with Gasteiger partial charge in [-0.05, 0) is 54.1 Å². The lowest BCUT2D eigenvalue weighted by atomic mass is 10.0. The van der Waals surface area contributed by atoms with Crippen molar-refractivity contribution in [2.45, 2.75) is 6.61 Å². The number of ether oxygens (including phenoxy) is 1. The summed E-state index contributed by atoms with van der Waals surface area (Å²) in [6.45, 7) is 0.385. The van der Waals surface area contributed by atoms with Crippen LogP contribution in [0.15, 0.2) is 66.9 Å². The van der Waals surface area contributed by atoms with Crippen LogP contribution in [0.4, 0.5) is 10.1 Å². The number of carbonyl (C=O) groups is 1. The minimum atomic E-state index is -0.371. The third kappa shape index (κ3) is 3.32. The van der Waals surface area contributed by atoms with Crippen LogP contribution < -0.4 is 10.1 Å². The van der Waals surface area contributed by atoms with Crippen LogP contribution >= 0.6 is 0 Å². The number of fused-ring (bicyclic) bond motifs is 1.